The summed E-state index contributed by atoms with van der Waals surface area (Å²) < 4.78 is 0. The lowest BCUT2D eigenvalue weighted by Crippen LogP contribution is -2.51. The largest absolute Gasteiger partial charge is 0.355 e. The second kappa shape index (κ2) is 11.6. The van der Waals surface area contributed by atoms with Crippen LogP contribution in [0.4, 0.5) is 0 Å². The van der Waals surface area contributed by atoms with E-state index in [1.807, 2.05) is 7.05 Å². The van der Waals surface area contributed by atoms with Crippen molar-refractivity contribution in [2.24, 2.45) is 10.9 Å². The lowest BCUT2D eigenvalue weighted by atomic mass is 10.1. The Balaban J connectivity index is 0.00000312. The third-order valence-electron chi connectivity index (χ3n) is 5.55. The molecule has 6 nitrogen and oxygen atoms in total. The van der Waals surface area contributed by atoms with E-state index in [2.05, 4.69) is 58.0 Å². The summed E-state index contributed by atoms with van der Waals surface area (Å²) in [5, 5.41) is 7.12. The Morgan fingerprint density at radius 2 is 1.76 bits per heavy atom. The van der Waals surface area contributed by atoms with Crippen LogP contribution in [-0.4, -0.2) is 98.7 Å². The van der Waals surface area contributed by atoms with Gasteiger partial charge in [-0.05, 0) is 26.3 Å². The van der Waals surface area contributed by atoms with Crippen LogP contribution in [0.25, 0.3) is 0 Å². The van der Waals surface area contributed by atoms with Crippen LogP contribution in [0.3, 0.4) is 0 Å². The topological polar surface area (TPSA) is 46.1 Å². The summed E-state index contributed by atoms with van der Waals surface area (Å²) in [4.78, 5) is 12.0. The zero-order valence-electron chi connectivity index (χ0n) is 16.8. The van der Waals surface area contributed by atoms with E-state index in [9.17, 15) is 0 Å². The summed E-state index contributed by atoms with van der Waals surface area (Å²) in [5.41, 5.74) is 0. The molecule has 2 heterocycles. The van der Waals surface area contributed by atoms with Crippen LogP contribution in [0.15, 0.2) is 4.99 Å². The number of halogens is 1. The van der Waals surface area contributed by atoms with Gasteiger partial charge in [-0.15, -0.1) is 24.0 Å². The lowest BCUT2D eigenvalue weighted by molar-refractivity contribution is 0.139. The van der Waals surface area contributed by atoms with Crippen LogP contribution >= 0.6 is 24.0 Å². The van der Waals surface area contributed by atoms with Crippen molar-refractivity contribution >= 4 is 29.9 Å². The van der Waals surface area contributed by atoms with E-state index < -0.39 is 0 Å². The minimum atomic E-state index is 0. The Kier molecular flexibility index (Phi) is 10.6. The van der Waals surface area contributed by atoms with Gasteiger partial charge in [-0.1, -0.05) is 13.8 Å². The van der Waals surface area contributed by atoms with E-state index >= 15 is 0 Å². The third kappa shape index (κ3) is 7.19. The normalized spacial score (nSPS) is 26.7. The average molecular weight is 466 g/mol. The first-order valence-electron chi connectivity index (χ1n) is 9.69. The van der Waals surface area contributed by atoms with Gasteiger partial charge in [0.2, 0.25) is 0 Å². The highest BCUT2D eigenvalue weighted by Crippen LogP contribution is 2.18. The smallest absolute Gasteiger partial charge is 0.191 e. The molecule has 2 saturated heterocycles. The molecule has 25 heavy (non-hydrogen) atoms. The number of guanidine groups is 1. The number of hydrogen-bond donors (Lipinski definition) is 2. The van der Waals surface area contributed by atoms with Gasteiger partial charge in [-0.3, -0.25) is 14.8 Å². The van der Waals surface area contributed by atoms with Crippen LogP contribution in [-0.2, 0) is 0 Å². The maximum Gasteiger partial charge on any atom is 0.191 e. The van der Waals surface area contributed by atoms with E-state index in [0.717, 1.165) is 25.6 Å². The number of rotatable bonds is 6. The molecule has 148 valence electrons. The minimum Gasteiger partial charge on any atom is -0.355 e. The number of likely N-dealkylation sites (tertiary alicyclic amines) is 1. The van der Waals surface area contributed by atoms with E-state index in [1.54, 1.807) is 0 Å². The van der Waals surface area contributed by atoms with E-state index in [-0.39, 0.29) is 24.0 Å². The molecule has 7 heteroatoms. The highest BCUT2D eigenvalue weighted by atomic mass is 127. The standard InChI is InChI=1S/C18H38N6.HI/c1-6-22-9-11-23(12-10-22)8-7-20-18(19-5)21-17-14-24(15(2)3)13-16(17)4;/h15-17H,6-14H2,1-5H3,(H2,19,20,21);1H. The fraction of sp³-hybridized carbons (Fsp3) is 0.944. The molecule has 2 aliphatic rings. The quantitative estimate of drug-likeness (QED) is 0.349. The highest BCUT2D eigenvalue weighted by Gasteiger charge is 2.31. The zero-order chi connectivity index (χ0) is 17.5. The van der Waals surface area contributed by atoms with Gasteiger partial charge in [-0.2, -0.15) is 0 Å². The molecule has 2 fully saturated rings. The van der Waals surface area contributed by atoms with Gasteiger partial charge in [0.05, 0.1) is 0 Å². The molecule has 0 amide bonds. The van der Waals surface area contributed by atoms with Gasteiger partial charge < -0.3 is 15.5 Å². The van der Waals surface area contributed by atoms with Crippen molar-refractivity contribution in [3.63, 3.8) is 0 Å². The molecule has 0 radical (unpaired) electrons. The molecule has 2 N–H and O–H groups in total. The van der Waals surface area contributed by atoms with Crippen molar-refractivity contribution in [2.45, 2.75) is 39.8 Å². The van der Waals surface area contributed by atoms with Crippen LogP contribution in [0.5, 0.6) is 0 Å². The van der Waals surface area contributed by atoms with Gasteiger partial charge in [0.25, 0.3) is 0 Å². The SMILES string of the molecule is CCN1CCN(CCNC(=NC)NC2CN(C(C)C)CC2C)CC1.I. The van der Waals surface area contributed by atoms with Crippen molar-refractivity contribution in [3.8, 4) is 0 Å². The number of aliphatic imine (C=N–C) groups is 1. The number of piperazine rings is 1. The maximum atomic E-state index is 4.41. The summed E-state index contributed by atoms with van der Waals surface area (Å²) >= 11 is 0. The lowest BCUT2D eigenvalue weighted by Gasteiger charge is -2.34. The summed E-state index contributed by atoms with van der Waals surface area (Å²) in [6.45, 7) is 19.4. The van der Waals surface area contributed by atoms with Gasteiger partial charge in [-0.25, -0.2) is 0 Å². The summed E-state index contributed by atoms with van der Waals surface area (Å²) in [5.74, 6) is 1.61. The number of nitrogens with one attached hydrogen (secondary N) is 2. The molecular weight excluding hydrogens is 427 g/mol. The van der Waals surface area contributed by atoms with Crippen molar-refractivity contribution in [1.82, 2.24) is 25.3 Å². The van der Waals surface area contributed by atoms with Crippen LogP contribution in [0.1, 0.15) is 27.7 Å². The van der Waals surface area contributed by atoms with Gasteiger partial charge in [0, 0.05) is 71.5 Å². The monoisotopic (exact) mass is 466 g/mol. The van der Waals surface area contributed by atoms with Crippen LogP contribution in [0, 0.1) is 5.92 Å². The number of nitrogens with zero attached hydrogens (tertiary/aromatic N) is 4. The molecule has 0 aromatic carbocycles. The second-order valence-electron chi connectivity index (χ2n) is 7.55. The van der Waals surface area contributed by atoms with Crippen molar-refractivity contribution in [2.75, 3.05) is 66.0 Å². The minimum absolute atomic E-state index is 0. The molecule has 0 aromatic heterocycles. The molecule has 0 bridgehead atoms. The molecule has 2 rings (SSSR count). The summed E-state index contributed by atoms with van der Waals surface area (Å²) in [6.07, 6.45) is 0. The molecular formula is C18H39IN6. The van der Waals surface area contributed by atoms with E-state index in [0.29, 0.717) is 18.0 Å². The van der Waals surface area contributed by atoms with Crippen molar-refractivity contribution in [1.29, 1.82) is 0 Å². The van der Waals surface area contributed by atoms with Gasteiger partial charge >= 0.3 is 0 Å². The Morgan fingerprint density at radius 1 is 1.12 bits per heavy atom. The van der Waals surface area contributed by atoms with E-state index in [1.165, 1.54) is 39.3 Å². The maximum absolute atomic E-state index is 4.41. The Labute approximate surface area is 171 Å². The Morgan fingerprint density at radius 3 is 2.28 bits per heavy atom. The van der Waals surface area contributed by atoms with Gasteiger partial charge in [0.15, 0.2) is 5.96 Å². The Hall–Kier alpha value is -0.120. The Bertz CT molecular complexity index is 395. The molecule has 2 aliphatic heterocycles. The predicted octanol–water partition coefficient (Wildman–Crippen LogP) is 1.14. The van der Waals surface area contributed by atoms with Crippen LogP contribution in [0.2, 0.25) is 0 Å². The highest BCUT2D eigenvalue weighted by molar-refractivity contribution is 14.0. The predicted molar refractivity (Wildman–Crippen MR) is 118 cm³/mol. The fourth-order valence-electron chi connectivity index (χ4n) is 3.65. The summed E-state index contributed by atoms with van der Waals surface area (Å²) in [6, 6.07) is 1.11. The first-order valence-corrected chi connectivity index (χ1v) is 9.69. The summed E-state index contributed by atoms with van der Waals surface area (Å²) in [7, 11) is 1.87. The third-order valence-corrected chi connectivity index (χ3v) is 5.55. The zero-order valence-corrected chi connectivity index (χ0v) is 19.1. The molecule has 0 saturated carbocycles. The van der Waals surface area contributed by atoms with Gasteiger partial charge in [0.1, 0.15) is 0 Å². The molecule has 0 spiro atoms. The van der Waals surface area contributed by atoms with Crippen molar-refractivity contribution < 1.29 is 0 Å². The average Bonchev–Trinajstić information content (AvgIpc) is 2.95. The van der Waals surface area contributed by atoms with E-state index in [4.69, 9.17) is 0 Å². The molecule has 2 atom stereocenters. The van der Waals surface area contributed by atoms with Crippen LogP contribution < -0.4 is 10.6 Å². The first kappa shape index (κ1) is 22.9. The molecule has 0 aliphatic carbocycles. The molecule has 0 aromatic rings. The second-order valence-corrected chi connectivity index (χ2v) is 7.55. The first-order chi connectivity index (χ1) is 11.5. The van der Waals surface area contributed by atoms with Crippen molar-refractivity contribution in [3.05, 3.63) is 0 Å². The molecule has 2 unspecified atom stereocenters. The number of likely N-dealkylation sites (N-methyl/N-ethyl adjacent to an activating group) is 1. The fourth-order valence-corrected chi connectivity index (χ4v) is 3.65. The number of hydrogen-bond acceptors (Lipinski definition) is 4.